The van der Waals surface area contributed by atoms with E-state index in [-0.39, 0.29) is 0 Å². The van der Waals surface area contributed by atoms with Crippen molar-refractivity contribution in [2.75, 3.05) is 6.61 Å². The summed E-state index contributed by atoms with van der Waals surface area (Å²) in [5, 5.41) is 0. The average Bonchev–Trinajstić information content (AvgIpc) is 2.42. The summed E-state index contributed by atoms with van der Waals surface area (Å²) in [6.07, 6.45) is 10.8. The van der Waals surface area contributed by atoms with E-state index in [0.717, 1.165) is 12.4 Å². The van der Waals surface area contributed by atoms with E-state index in [1.165, 1.54) is 64.1 Å². The lowest BCUT2D eigenvalue weighted by Crippen LogP contribution is -2.00. The molecule has 0 saturated heterocycles. The van der Waals surface area contributed by atoms with Crippen LogP contribution in [-0.2, 0) is 0 Å². The van der Waals surface area contributed by atoms with E-state index < -0.39 is 0 Å². The lowest BCUT2D eigenvalue weighted by atomic mass is 10.1. The molecule has 0 spiro atoms. The Balaban J connectivity index is 2.11. The Morgan fingerprint density at radius 3 is 2.10 bits per heavy atom. The van der Waals surface area contributed by atoms with Gasteiger partial charge in [0.15, 0.2) is 0 Å². The van der Waals surface area contributed by atoms with Crippen molar-refractivity contribution in [1.29, 1.82) is 0 Å². The molecule has 0 saturated carbocycles. The largest absolute Gasteiger partial charge is 0.492 e. The van der Waals surface area contributed by atoms with Crippen LogP contribution in [0.5, 0.6) is 5.75 Å². The Kier molecular flexibility index (Phi) is 10.3. The Hall–Kier alpha value is 0.480. The fourth-order valence-electron chi connectivity index (χ4n) is 2.16. The Morgan fingerprint density at radius 2 is 1.45 bits per heavy atom. The number of ether oxygens (including phenoxy) is 1. The summed E-state index contributed by atoms with van der Waals surface area (Å²) >= 11 is 4.73. The highest BCUT2D eigenvalue weighted by Crippen LogP contribution is 2.26. The number of halogens is 2. The van der Waals surface area contributed by atoms with Crippen molar-refractivity contribution in [2.45, 2.75) is 65.2 Å². The van der Waals surface area contributed by atoms with E-state index in [1.807, 2.05) is 0 Å². The van der Waals surface area contributed by atoms with Crippen LogP contribution >= 0.6 is 45.2 Å². The number of hydrogen-bond donors (Lipinski definition) is 0. The molecule has 1 aromatic rings. The minimum absolute atomic E-state index is 0.851. The third kappa shape index (κ3) is 7.48. The normalized spacial score (nSPS) is 10.8. The number of benzene rings is 1. The summed E-state index contributed by atoms with van der Waals surface area (Å²) in [5.41, 5.74) is 1.33. The molecular formula is C17H26I2O. The smallest absolute Gasteiger partial charge is 0.133 e. The molecule has 0 aromatic heterocycles. The summed E-state index contributed by atoms with van der Waals surface area (Å²) in [6.45, 7) is 5.27. The van der Waals surface area contributed by atoms with E-state index in [0.29, 0.717) is 0 Å². The first-order valence-electron chi connectivity index (χ1n) is 7.73. The van der Waals surface area contributed by atoms with Crippen molar-refractivity contribution in [1.82, 2.24) is 0 Å². The van der Waals surface area contributed by atoms with Crippen molar-refractivity contribution in [3.8, 4) is 5.75 Å². The second-order valence-electron chi connectivity index (χ2n) is 5.36. The van der Waals surface area contributed by atoms with Gasteiger partial charge in [0, 0.05) is 3.57 Å². The van der Waals surface area contributed by atoms with Crippen LogP contribution in [0.2, 0.25) is 0 Å². The standard InChI is InChI=1S/C17H26I2O/c1-3-4-5-6-7-8-9-10-11-20-17-13-15(18)14(2)12-16(17)19/h12-13H,3-11H2,1-2H3. The van der Waals surface area contributed by atoms with Crippen LogP contribution in [0, 0.1) is 14.1 Å². The molecule has 114 valence electrons. The first kappa shape index (κ1) is 18.5. The van der Waals surface area contributed by atoms with Crippen molar-refractivity contribution in [3.05, 3.63) is 24.8 Å². The van der Waals surface area contributed by atoms with Gasteiger partial charge < -0.3 is 4.74 Å². The fraction of sp³-hybridized carbons (Fsp3) is 0.647. The van der Waals surface area contributed by atoms with Crippen LogP contribution in [0.1, 0.15) is 63.9 Å². The van der Waals surface area contributed by atoms with Gasteiger partial charge in [-0.2, -0.15) is 0 Å². The van der Waals surface area contributed by atoms with Crippen molar-refractivity contribution in [3.63, 3.8) is 0 Å². The van der Waals surface area contributed by atoms with Gasteiger partial charge in [-0.05, 0) is 76.2 Å². The average molecular weight is 500 g/mol. The second kappa shape index (κ2) is 11.1. The summed E-state index contributed by atoms with van der Waals surface area (Å²) in [7, 11) is 0. The first-order valence-corrected chi connectivity index (χ1v) is 9.89. The van der Waals surface area contributed by atoms with Gasteiger partial charge in [-0.25, -0.2) is 0 Å². The Morgan fingerprint density at radius 1 is 0.850 bits per heavy atom. The SMILES string of the molecule is CCCCCCCCCCOc1cc(I)c(C)cc1I. The fourth-order valence-corrected chi connectivity index (χ4v) is 3.37. The van der Waals surface area contributed by atoms with Crippen LogP contribution < -0.4 is 4.74 Å². The van der Waals surface area contributed by atoms with Crippen molar-refractivity contribution < 1.29 is 4.74 Å². The molecule has 1 rings (SSSR count). The zero-order chi connectivity index (χ0) is 14.8. The van der Waals surface area contributed by atoms with Crippen LogP contribution in [0.15, 0.2) is 12.1 Å². The minimum Gasteiger partial charge on any atom is -0.492 e. The number of unbranched alkanes of at least 4 members (excludes halogenated alkanes) is 7. The molecule has 0 bridgehead atoms. The van der Waals surface area contributed by atoms with Gasteiger partial charge in [-0.3, -0.25) is 0 Å². The topological polar surface area (TPSA) is 9.23 Å². The molecule has 0 heterocycles. The maximum Gasteiger partial charge on any atom is 0.133 e. The highest BCUT2D eigenvalue weighted by Gasteiger charge is 2.04. The number of aryl methyl sites for hydroxylation is 1. The molecule has 0 N–H and O–H groups in total. The van der Waals surface area contributed by atoms with Crippen LogP contribution in [0.3, 0.4) is 0 Å². The summed E-state index contributed by atoms with van der Waals surface area (Å²) in [6, 6.07) is 4.35. The zero-order valence-corrected chi connectivity index (χ0v) is 17.0. The van der Waals surface area contributed by atoms with E-state index in [4.69, 9.17) is 4.74 Å². The van der Waals surface area contributed by atoms with Crippen molar-refractivity contribution >= 4 is 45.2 Å². The van der Waals surface area contributed by atoms with Crippen LogP contribution in [0.25, 0.3) is 0 Å². The van der Waals surface area contributed by atoms with E-state index in [9.17, 15) is 0 Å². The van der Waals surface area contributed by atoms with Crippen LogP contribution in [-0.4, -0.2) is 6.61 Å². The monoisotopic (exact) mass is 500 g/mol. The quantitative estimate of drug-likeness (QED) is 0.256. The summed E-state index contributed by atoms with van der Waals surface area (Å²) < 4.78 is 8.41. The van der Waals surface area contributed by atoms with Gasteiger partial charge in [0.25, 0.3) is 0 Å². The molecule has 0 unspecified atom stereocenters. The number of rotatable bonds is 10. The maximum atomic E-state index is 5.91. The van der Waals surface area contributed by atoms with Crippen LogP contribution in [0.4, 0.5) is 0 Å². The van der Waals surface area contributed by atoms with Crippen molar-refractivity contribution in [2.24, 2.45) is 0 Å². The maximum absolute atomic E-state index is 5.91. The predicted octanol–water partition coefficient (Wildman–Crippen LogP) is 6.72. The molecule has 0 aliphatic rings. The summed E-state index contributed by atoms with van der Waals surface area (Å²) in [4.78, 5) is 0. The van der Waals surface area contributed by atoms with Gasteiger partial charge in [-0.1, -0.05) is 51.9 Å². The lowest BCUT2D eigenvalue weighted by Gasteiger charge is -2.10. The van der Waals surface area contributed by atoms with Gasteiger partial charge in [0.05, 0.1) is 10.2 Å². The molecule has 0 amide bonds. The molecule has 3 heteroatoms. The molecule has 1 aromatic carbocycles. The first-order chi connectivity index (χ1) is 9.65. The third-order valence-electron chi connectivity index (χ3n) is 3.47. The van der Waals surface area contributed by atoms with E-state index in [2.05, 4.69) is 71.2 Å². The molecule has 0 fully saturated rings. The molecule has 20 heavy (non-hydrogen) atoms. The van der Waals surface area contributed by atoms with Gasteiger partial charge >= 0.3 is 0 Å². The lowest BCUT2D eigenvalue weighted by molar-refractivity contribution is 0.302. The Labute approximate surface area is 151 Å². The molecular weight excluding hydrogens is 474 g/mol. The van der Waals surface area contributed by atoms with Gasteiger partial charge in [-0.15, -0.1) is 0 Å². The van der Waals surface area contributed by atoms with E-state index in [1.54, 1.807) is 0 Å². The third-order valence-corrected chi connectivity index (χ3v) is 5.47. The molecule has 1 nitrogen and oxygen atoms in total. The Bertz CT molecular complexity index is 391. The minimum atomic E-state index is 0.851. The molecule has 0 atom stereocenters. The predicted molar refractivity (Wildman–Crippen MR) is 105 cm³/mol. The molecule has 0 radical (unpaired) electrons. The summed E-state index contributed by atoms with van der Waals surface area (Å²) in [5.74, 6) is 1.04. The zero-order valence-electron chi connectivity index (χ0n) is 12.7. The van der Waals surface area contributed by atoms with E-state index >= 15 is 0 Å². The highest BCUT2D eigenvalue weighted by atomic mass is 127. The molecule has 0 aliphatic heterocycles. The number of hydrogen-bond acceptors (Lipinski definition) is 1. The van der Waals surface area contributed by atoms with Gasteiger partial charge in [0.2, 0.25) is 0 Å². The second-order valence-corrected chi connectivity index (χ2v) is 7.68. The molecule has 0 aliphatic carbocycles. The highest BCUT2D eigenvalue weighted by molar-refractivity contribution is 14.1. The van der Waals surface area contributed by atoms with Gasteiger partial charge in [0.1, 0.15) is 5.75 Å².